The Bertz CT molecular complexity index is 450. The number of nitrogens with zero attached hydrogens (tertiary/aromatic N) is 1. The van der Waals surface area contributed by atoms with Crippen LogP contribution in [0, 0.1) is 0 Å². The predicted molar refractivity (Wildman–Crippen MR) is 54.1 cm³/mol. The van der Waals surface area contributed by atoms with Crippen LogP contribution in [0.1, 0.15) is 16.3 Å². The zero-order valence-corrected chi connectivity index (χ0v) is 8.82. The minimum absolute atomic E-state index is 0.0159. The molecule has 1 N–H and O–H groups in total. The lowest BCUT2D eigenvalue weighted by molar-refractivity contribution is -0.125. The summed E-state index contributed by atoms with van der Waals surface area (Å²) in [6.07, 6.45) is 0. The molecule has 0 aliphatic carbocycles. The number of hydrogen-bond donors (Lipinski definition) is 1. The highest BCUT2D eigenvalue weighted by Gasteiger charge is 2.30. The summed E-state index contributed by atoms with van der Waals surface area (Å²) in [5.74, 6) is -1.27. The molecule has 0 radical (unpaired) electrons. The van der Waals surface area contributed by atoms with Gasteiger partial charge in [0.05, 0.1) is 12.3 Å². The summed E-state index contributed by atoms with van der Waals surface area (Å²) in [4.78, 5) is 34.1. The molecule has 0 saturated carbocycles. The van der Waals surface area contributed by atoms with Crippen molar-refractivity contribution >= 4 is 28.9 Å². The summed E-state index contributed by atoms with van der Waals surface area (Å²) < 4.78 is 4.95. The van der Waals surface area contributed by atoms with Gasteiger partial charge >= 0.3 is 5.97 Å². The molecule has 1 aliphatic heterocycles. The number of carboxylic acids is 1. The SMILES string of the molecule is O=C(O)c1ccc(CN2C(=O)CSC2=O)o1. The van der Waals surface area contributed by atoms with Gasteiger partial charge in [-0.1, -0.05) is 11.8 Å². The van der Waals surface area contributed by atoms with Gasteiger partial charge in [0.1, 0.15) is 5.76 Å². The number of imide groups is 1. The molecule has 2 amide bonds. The Hall–Kier alpha value is -1.76. The molecule has 0 spiro atoms. The molecule has 0 atom stereocenters. The number of rotatable bonds is 3. The average Bonchev–Trinajstić information content (AvgIpc) is 2.80. The van der Waals surface area contributed by atoms with Crippen LogP contribution in [0.5, 0.6) is 0 Å². The molecule has 1 aromatic rings. The Morgan fingerprint density at radius 1 is 1.50 bits per heavy atom. The van der Waals surface area contributed by atoms with Crippen molar-refractivity contribution in [3.63, 3.8) is 0 Å². The molecule has 1 saturated heterocycles. The zero-order valence-electron chi connectivity index (χ0n) is 8.00. The van der Waals surface area contributed by atoms with E-state index in [9.17, 15) is 14.4 Å². The largest absolute Gasteiger partial charge is 0.475 e. The van der Waals surface area contributed by atoms with Crippen molar-refractivity contribution in [1.82, 2.24) is 4.90 Å². The fourth-order valence-corrected chi connectivity index (χ4v) is 1.99. The van der Waals surface area contributed by atoms with Crippen LogP contribution in [0.2, 0.25) is 0 Å². The van der Waals surface area contributed by atoms with E-state index < -0.39 is 5.97 Å². The highest BCUT2D eigenvalue weighted by Crippen LogP contribution is 2.21. The van der Waals surface area contributed by atoms with Gasteiger partial charge in [0.2, 0.25) is 11.7 Å². The molecular formula is C9H7NO5S. The first-order valence-electron chi connectivity index (χ1n) is 4.37. The molecular weight excluding hydrogens is 234 g/mol. The van der Waals surface area contributed by atoms with Gasteiger partial charge in [-0.05, 0) is 12.1 Å². The predicted octanol–water partition coefficient (Wildman–Crippen LogP) is 1.17. The van der Waals surface area contributed by atoms with E-state index in [2.05, 4.69) is 0 Å². The van der Waals surface area contributed by atoms with Crippen molar-refractivity contribution in [2.24, 2.45) is 0 Å². The Balaban J connectivity index is 2.11. The highest BCUT2D eigenvalue weighted by atomic mass is 32.2. The van der Waals surface area contributed by atoms with Crippen LogP contribution < -0.4 is 0 Å². The molecule has 7 heteroatoms. The number of hydrogen-bond acceptors (Lipinski definition) is 5. The summed E-state index contributed by atoms with van der Waals surface area (Å²) in [5.41, 5.74) is 0. The topological polar surface area (TPSA) is 87.8 Å². The van der Waals surface area contributed by atoms with Gasteiger partial charge in [-0.25, -0.2) is 4.79 Å². The van der Waals surface area contributed by atoms with Gasteiger partial charge in [0.25, 0.3) is 5.24 Å². The van der Waals surface area contributed by atoms with E-state index in [1.807, 2.05) is 0 Å². The second-order valence-corrected chi connectivity index (χ2v) is 4.03. The maximum absolute atomic E-state index is 11.3. The van der Waals surface area contributed by atoms with E-state index in [0.717, 1.165) is 16.7 Å². The van der Waals surface area contributed by atoms with Crippen LogP contribution in [0.4, 0.5) is 4.79 Å². The zero-order chi connectivity index (χ0) is 11.7. The van der Waals surface area contributed by atoms with Gasteiger partial charge in [0.15, 0.2) is 0 Å². The van der Waals surface area contributed by atoms with Gasteiger partial charge < -0.3 is 9.52 Å². The molecule has 1 fully saturated rings. The number of carboxylic acid groups (broad SMARTS) is 1. The third-order valence-corrected chi connectivity index (χ3v) is 2.89. The number of amides is 2. The molecule has 0 bridgehead atoms. The first-order chi connectivity index (χ1) is 7.58. The summed E-state index contributed by atoms with van der Waals surface area (Å²) in [7, 11) is 0. The summed E-state index contributed by atoms with van der Waals surface area (Å²) >= 11 is 0.925. The maximum atomic E-state index is 11.3. The van der Waals surface area contributed by atoms with Gasteiger partial charge in [-0.15, -0.1) is 0 Å². The standard InChI is InChI=1S/C9H7NO5S/c11-7-4-16-9(14)10(7)3-5-1-2-6(15-5)8(12)13/h1-2H,3-4H2,(H,12,13). The average molecular weight is 241 g/mol. The lowest BCUT2D eigenvalue weighted by Gasteiger charge is -2.09. The molecule has 0 aromatic carbocycles. The van der Waals surface area contributed by atoms with Gasteiger partial charge in [-0.2, -0.15) is 0 Å². The van der Waals surface area contributed by atoms with Crippen molar-refractivity contribution in [2.45, 2.75) is 6.54 Å². The fraction of sp³-hybridized carbons (Fsp3) is 0.222. The number of carbonyl (C=O) groups is 3. The lowest BCUT2D eigenvalue weighted by atomic mass is 10.4. The first kappa shape index (κ1) is 10.7. The monoisotopic (exact) mass is 241 g/mol. The van der Waals surface area contributed by atoms with Crippen LogP contribution in [-0.4, -0.2) is 32.9 Å². The minimum Gasteiger partial charge on any atom is -0.475 e. The molecule has 1 aliphatic rings. The Kier molecular flexibility index (Phi) is 2.69. The first-order valence-corrected chi connectivity index (χ1v) is 5.35. The number of aromatic carboxylic acids is 1. The molecule has 2 heterocycles. The maximum Gasteiger partial charge on any atom is 0.371 e. The third-order valence-electron chi connectivity index (χ3n) is 2.03. The Morgan fingerprint density at radius 3 is 2.75 bits per heavy atom. The molecule has 6 nitrogen and oxygen atoms in total. The Morgan fingerprint density at radius 2 is 2.25 bits per heavy atom. The van der Waals surface area contributed by atoms with Crippen molar-refractivity contribution in [3.8, 4) is 0 Å². The molecule has 16 heavy (non-hydrogen) atoms. The van der Waals surface area contributed by atoms with Crippen LogP contribution in [0.15, 0.2) is 16.5 Å². The van der Waals surface area contributed by atoms with Crippen LogP contribution >= 0.6 is 11.8 Å². The normalized spacial score (nSPS) is 15.9. The van der Waals surface area contributed by atoms with Crippen LogP contribution in [0.3, 0.4) is 0 Å². The smallest absolute Gasteiger partial charge is 0.371 e. The van der Waals surface area contributed by atoms with Gasteiger partial charge in [-0.3, -0.25) is 14.5 Å². The quantitative estimate of drug-likeness (QED) is 0.854. The minimum atomic E-state index is -1.18. The van der Waals surface area contributed by atoms with Crippen molar-refractivity contribution in [3.05, 3.63) is 23.7 Å². The molecule has 0 unspecified atom stereocenters. The summed E-state index contributed by atoms with van der Waals surface area (Å²) in [5, 5.41) is 8.28. The fourth-order valence-electron chi connectivity index (χ4n) is 1.27. The van der Waals surface area contributed by atoms with Crippen LogP contribution in [0.25, 0.3) is 0 Å². The highest BCUT2D eigenvalue weighted by molar-refractivity contribution is 8.14. The van der Waals surface area contributed by atoms with Gasteiger partial charge in [0, 0.05) is 0 Å². The summed E-state index contributed by atoms with van der Waals surface area (Å²) in [6, 6.07) is 2.73. The van der Waals surface area contributed by atoms with Crippen molar-refractivity contribution < 1.29 is 23.9 Å². The van der Waals surface area contributed by atoms with Crippen molar-refractivity contribution in [2.75, 3.05) is 5.75 Å². The van der Waals surface area contributed by atoms with Crippen molar-refractivity contribution in [1.29, 1.82) is 0 Å². The lowest BCUT2D eigenvalue weighted by Crippen LogP contribution is -2.27. The van der Waals surface area contributed by atoms with Crippen LogP contribution in [-0.2, 0) is 11.3 Å². The van der Waals surface area contributed by atoms with E-state index in [4.69, 9.17) is 9.52 Å². The number of carbonyl (C=O) groups excluding carboxylic acids is 2. The Labute approximate surface area is 94.2 Å². The summed E-state index contributed by atoms with van der Waals surface area (Å²) in [6.45, 7) is -0.0159. The van der Waals surface area contributed by atoms with E-state index in [1.54, 1.807) is 0 Å². The van der Waals surface area contributed by atoms with E-state index in [0.29, 0.717) is 0 Å². The number of furan rings is 1. The number of thioether (sulfide) groups is 1. The third kappa shape index (κ3) is 1.94. The second kappa shape index (κ2) is 4.01. The van der Waals surface area contributed by atoms with E-state index >= 15 is 0 Å². The molecule has 84 valence electrons. The molecule has 2 rings (SSSR count). The second-order valence-electron chi connectivity index (χ2n) is 3.11. The van der Waals surface area contributed by atoms with E-state index in [-0.39, 0.29) is 35.0 Å². The van der Waals surface area contributed by atoms with E-state index in [1.165, 1.54) is 12.1 Å². The molecule has 1 aromatic heterocycles.